The number of nitrogens with zero attached hydrogens (tertiary/aromatic N) is 1. The lowest BCUT2D eigenvalue weighted by Gasteiger charge is -2.25. The van der Waals surface area contributed by atoms with E-state index in [1.807, 2.05) is 0 Å². The number of H-pyrrole nitrogens is 1. The first-order valence-electron chi connectivity index (χ1n) is 8.25. The Labute approximate surface area is 150 Å². The summed E-state index contributed by atoms with van der Waals surface area (Å²) in [5.74, 6) is -0.393. The van der Waals surface area contributed by atoms with Crippen molar-refractivity contribution in [3.8, 4) is 0 Å². The van der Waals surface area contributed by atoms with E-state index in [9.17, 15) is 13.2 Å². The lowest BCUT2D eigenvalue weighted by atomic mass is 9.96. The van der Waals surface area contributed by atoms with Crippen molar-refractivity contribution in [2.75, 3.05) is 0 Å². The van der Waals surface area contributed by atoms with E-state index in [2.05, 4.69) is 15.3 Å². The number of sulfone groups is 1. The van der Waals surface area contributed by atoms with Crippen molar-refractivity contribution in [2.45, 2.75) is 47.8 Å². The Balaban J connectivity index is 1.53. The Morgan fingerprint density at radius 1 is 1.28 bits per heavy atom. The van der Waals surface area contributed by atoms with Crippen LogP contribution in [0.4, 0.5) is 0 Å². The number of imidazole rings is 1. The fourth-order valence-electron chi connectivity index (χ4n) is 3.41. The van der Waals surface area contributed by atoms with Crippen LogP contribution in [0.2, 0.25) is 5.02 Å². The second kappa shape index (κ2) is 5.85. The van der Waals surface area contributed by atoms with Crippen molar-refractivity contribution in [3.63, 3.8) is 0 Å². The maximum Gasteiger partial charge on any atom is 0.242 e. The SMILES string of the molecule is O=C(NC1CCc2nc[nH]c2C1)C1(S(=O)(=O)c2ccc(Cl)cc2)CC1. The van der Waals surface area contributed by atoms with Gasteiger partial charge in [0.2, 0.25) is 5.91 Å². The third-order valence-electron chi connectivity index (χ3n) is 5.08. The summed E-state index contributed by atoms with van der Waals surface area (Å²) < 4.78 is 24.6. The molecule has 0 radical (unpaired) electrons. The van der Waals surface area contributed by atoms with Gasteiger partial charge in [0.1, 0.15) is 0 Å². The van der Waals surface area contributed by atoms with Gasteiger partial charge in [-0.15, -0.1) is 0 Å². The number of amides is 1. The number of carbonyl (C=O) groups is 1. The fourth-order valence-corrected chi connectivity index (χ4v) is 5.43. The Hall–Kier alpha value is -1.86. The summed E-state index contributed by atoms with van der Waals surface area (Å²) in [6.07, 6.45) is 4.55. The van der Waals surface area contributed by atoms with Crippen molar-refractivity contribution in [1.82, 2.24) is 15.3 Å². The third-order valence-corrected chi connectivity index (χ3v) is 7.85. The zero-order valence-corrected chi connectivity index (χ0v) is 15.0. The molecule has 2 aliphatic carbocycles. The van der Waals surface area contributed by atoms with Gasteiger partial charge in [-0.05, 0) is 49.9 Å². The van der Waals surface area contributed by atoms with Gasteiger partial charge in [0.05, 0.1) is 16.9 Å². The second-order valence-electron chi connectivity index (χ2n) is 6.69. The highest BCUT2D eigenvalue weighted by Crippen LogP contribution is 2.47. The molecule has 0 saturated heterocycles. The normalized spacial score (nSPS) is 21.4. The number of nitrogens with one attached hydrogen (secondary N) is 2. The van der Waals surface area contributed by atoms with Gasteiger partial charge in [0.25, 0.3) is 0 Å². The van der Waals surface area contributed by atoms with Crippen molar-refractivity contribution in [3.05, 3.63) is 47.0 Å². The smallest absolute Gasteiger partial charge is 0.242 e. The number of carbonyl (C=O) groups excluding carboxylic acids is 1. The minimum atomic E-state index is -3.73. The average Bonchev–Trinajstić information content (AvgIpc) is 3.29. The zero-order chi connectivity index (χ0) is 17.7. The van der Waals surface area contributed by atoms with Crippen LogP contribution >= 0.6 is 11.6 Å². The van der Waals surface area contributed by atoms with Crippen LogP contribution in [0.5, 0.6) is 0 Å². The molecule has 2 aliphatic rings. The summed E-state index contributed by atoms with van der Waals surface area (Å²) in [4.78, 5) is 20.3. The number of benzene rings is 1. The van der Waals surface area contributed by atoms with Crippen LogP contribution in [0, 0.1) is 0 Å². The Bertz CT molecular complexity index is 917. The molecule has 4 rings (SSSR count). The first-order valence-corrected chi connectivity index (χ1v) is 10.1. The summed E-state index contributed by atoms with van der Waals surface area (Å²) in [6, 6.07) is 5.91. The van der Waals surface area contributed by atoms with Gasteiger partial charge < -0.3 is 10.3 Å². The van der Waals surface area contributed by atoms with E-state index in [1.165, 1.54) is 24.3 Å². The maximum atomic E-state index is 12.9. The highest BCUT2D eigenvalue weighted by molar-refractivity contribution is 7.94. The van der Waals surface area contributed by atoms with E-state index in [0.717, 1.165) is 24.2 Å². The van der Waals surface area contributed by atoms with E-state index in [0.29, 0.717) is 24.3 Å². The summed E-state index contributed by atoms with van der Waals surface area (Å²) >= 11 is 5.83. The summed E-state index contributed by atoms with van der Waals surface area (Å²) in [5, 5.41) is 3.41. The monoisotopic (exact) mass is 379 g/mol. The molecule has 132 valence electrons. The minimum absolute atomic E-state index is 0.0710. The van der Waals surface area contributed by atoms with E-state index < -0.39 is 20.5 Å². The molecule has 2 aromatic rings. The Kier molecular flexibility index (Phi) is 3.88. The number of hydrogen-bond acceptors (Lipinski definition) is 4. The molecule has 0 spiro atoms. The van der Waals surface area contributed by atoms with Crippen molar-refractivity contribution >= 4 is 27.3 Å². The van der Waals surface area contributed by atoms with E-state index in [-0.39, 0.29) is 10.9 Å². The van der Waals surface area contributed by atoms with Gasteiger partial charge in [-0.1, -0.05) is 11.6 Å². The molecule has 8 heteroatoms. The number of aromatic nitrogens is 2. The quantitative estimate of drug-likeness (QED) is 0.850. The van der Waals surface area contributed by atoms with Crippen LogP contribution in [0.15, 0.2) is 35.5 Å². The summed E-state index contributed by atoms with van der Waals surface area (Å²) in [5.41, 5.74) is 2.04. The van der Waals surface area contributed by atoms with Gasteiger partial charge in [-0.3, -0.25) is 4.79 Å². The topological polar surface area (TPSA) is 91.9 Å². The molecule has 0 bridgehead atoms. The first kappa shape index (κ1) is 16.6. The predicted molar refractivity (Wildman–Crippen MR) is 93.1 cm³/mol. The molecule has 1 aromatic carbocycles. The molecule has 6 nitrogen and oxygen atoms in total. The standard InChI is InChI=1S/C17H18ClN3O3S/c18-11-1-4-13(5-2-11)25(23,24)17(7-8-17)16(22)21-12-3-6-14-15(9-12)20-10-19-14/h1-2,4-5,10,12H,3,6-9H2,(H,19,20)(H,21,22). The van der Waals surface area contributed by atoms with Crippen LogP contribution in [0.3, 0.4) is 0 Å². The second-order valence-corrected chi connectivity index (χ2v) is 9.39. The van der Waals surface area contributed by atoms with Crippen molar-refractivity contribution < 1.29 is 13.2 Å². The number of rotatable bonds is 4. The Morgan fingerprint density at radius 3 is 2.68 bits per heavy atom. The summed E-state index contributed by atoms with van der Waals surface area (Å²) in [6.45, 7) is 0. The molecule has 1 amide bonds. The van der Waals surface area contributed by atoms with E-state index in [4.69, 9.17) is 11.6 Å². The molecular formula is C17H18ClN3O3S. The van der Waals surface area contributed by atoms with Crippen LogP contribution in [-0.2, 0) is 27.5 Å². The molecule has 0 aliphatic heterocycles. The lowest BCUT2D eigenvalue weighted by Crippen LogP contribution is -2.48. The number of halogens is 1. The van der Waals surface area contributed by atoms with Gasteiger partial charge in [0, 0.05) is 23.2 Å². The first-order chi connectivity index (χ1) is 11.9. The molecule has 25 heavy (non-hydrogen) atoms. The fraction of sp³-hybridized carbons (Fsp3) is 0.412. The van der Waals surface area contributed by atoms with E-state index >= 15 is 0 Å². The van der Waals surface area contributed by atoms with Crippen LogP contribution in [0.25, 0.3) is 0 Å². The van der Waals surface area contributed by atoms with Crippen LogP contribution in [-0.4, -0.2) is 35.1 Å². The lowest BCUT2D eigenvalue weighted by molar-refractivity contribution is -0.122. The number of fused-ring (bicyclic) bond motifs is 1. The molecule has 1 atom stereocenters. The average molecular weight is 380 g/mol. The third kappa shape index (κ3) is 2.75. The molecule has 1 fully saturated rings. The Morgan fingerprint density at radius 2 is 2.00 bits per heavy atom. The van der Waals surface area contributed by atoms with Crippen LogP contribution < -0.4 is 5.32 Å². The largest absolute Gasteiger partial charge is 0.352 e. The van der Waals surface area contributed by atoms with Crippen molar-refractivity contribution in [1.29, 1.82) is 0 Å². The number of aromatic amines is 1. The van der Waals surface area contributed by atoms with Gasteiger partial charge in [-0.2, -0.15) is 0 Å². The van der Waals surface area contributed by atoms with Crippen molar-refractivity contribution in [2.24, 2.45) is 0 Å². The number of aryl methyl sites for hydroxylation is 1. The predicted octanol–water partition coefficient (Wildman–Crippen LogP) is 2.04. The molecule has 1 heterocycles. The van der Waals surface area contributed by atoms with Gasteiger partial charge in [-0.25, -0.2) is 13.4 Å². The van der Waals surface area contributed by atoms with E-state index in [1.54, 1.807) is 6.33 Å². The highest BCUT2D eigenvalue weighted by Gasteiger charge is 2.61. The molecular weight excluding hydrogens is 362 g/mol. The molecule has 1 saturated carbocycles. The van der Waals surface area contributed by atoms with Gasteiger partial charge in [0.15, 0.2) is 14.6 Å². The maximum absolute atomic E-state index is 12.9. The van der Waals surface area contributed by atoms with Crippen LogP contribution in [0.1, 0.15) is 30.7 Å². The molecule has 2 N–H and O–H groups in total. The summed E-state index contributed by atoms with van der Waals surface area (Å²) in [7, 11) is -3.73. The zero-order valence-electron chi connectivity index (χ0n) is 13.5. The van der Waals surface area contributed by atoms with Gasteiger partial charge >= 0.3 is 0 Å². The molecule has 1 aromatic heterocycles. The molecule has 1 unspecified atom stereocenters. The highest BCUT2D eigenvalue weighted by atomic mass is 35.5. The number of hydrogen-bond donors (Lipinski definition) is 2. The minimum Gasteiger partial charge on any atom is -0.352 e.